The van der Waals surface area contributed by atoms with Crippen molar-refractivity contribution in [2.75, 3.05) is 12.3 Å². The molecule has 0 aliphatic carbocycles. The summed E-state index contributed by atoms with van der Waals surface area (Å²) in [4.78, 5) is 0. The van der Waals surface area contributed by atoms with Crippen molar-refractivity contribution < 1.29 is 28.4 Å². The topological polar surface area (TPSA) is 81.4 Å². The second-order valence-electron chi connectivity index (χ2n) is 12.4. The van der Waals surface area contributed by atoms with Crippen molar-refractivity contribution in [1.29, 1.82) is 0 Å². The number of ether oxygens (including phenoxy) is 6. The van der Waals surface area contributed by atoms with Crippen molar-refractivity contribution in [3.05, 3.63) is 169 Å². The molecule has 6 rings (SSSR count). The Morgan fingerprint density at radius 1 is 0.423 bits per heavy atom. The van der Waals surface area contributed by atoms with Crippen LogP contribution in [-0.4, -0.2) is 37.3 Å². The predicted molar refractivity (Wildman–Crippen MR) is 205 cm³/mol. The molecule has 1 aliphatic heterocycles. The molecule has 5 aromatic carbocycles. The highest BCUT2D eigenvalue weighted by Gasteiger charge is 2.49. The number of rotatable bonds is 16. The average Bonchev–Trinajstić information content (AvgIpc) is 3.15. The molecule has 0 unspecified atom stereocenters. The van der Waals surface area contributed by atoms with Gasteiger partial charge in [-0.3, -0.25) is 0 Å². The SMILES string of the molecule is Nc1ccc(CO[C@H]2O[C@H](COCc3ccc(Cl)cc3)[C@H](OCc3ccc(Cl)cc3)[C@H](OCc3ccc(Cl)cc3)[C@H]2OCc2ccc(Cl)cc2)cc1. The standard InChI is InChI=1S/C41H39Cl4NO6/c42-32-11-1-27(2-12-32)21-47-26-37-38(48-22-28-3-13-33(43)14-4-28)39(49-23-29-5-15-34(44)16-6-29)40(50-24-30-7-17-35(45)18-8-30)41(52-37)51-25-31-9-19-36(46)20-10-31/h1-20,37-41H,21-26,46H2/t37-,38+,39+,40-,41+/m1/s1. The highest BCUT2D eigenvalue weighted by Crippen LogP contribution is 2.32. The van der Waals surface area contributed by atoms with Crippen molar-refractivity contribution in [2.24, 2.45) is 0 Å². The molecule has 0 saturated carbocycles. The van der Waals surface area contributed by atoms with Gasteiger partial charge in [0.1, 0.15) is 24.4 Å². The van der Waals surface area contributed by atoms with E-state index >= 15 is 0 Å². The van der Waals surface area contributed by atoms with E-state index < -0.39 is 30.7 Å². The molecule has 11 heteroatoms. The summed E-state index contributed by atoms with van der Waals surface area (Å²) in [6.07, 6.45) is -3.50. The van der Waals surface area contributed by atoms with Crippen LogP contribution in [0.4, 0.5) is 5.69 Å². The first-order chi connectivity index (χ1) is 25.3. The lowest BCUT2D eigenvalue weighted by Crippen LogP contribution is -2.61. The minimum Gasteiger partial charge on any atom is -0.399 e. The maximum absolute atomic E-state index is 6.77. The molecule has 0 spiro atoms. The zero-order valence-corrected chi connectivity index (χ0v) is 31.2. The average molecular weight is 784 g/mol. The van der Waals surface area contributed by atoms with Gasteiger partial charge in [0.2, 0.25) is 0 Å². The normalized spacial score (nSPS) is 20.2. The van der Waals surface area contributed by atoms with E-state index in [1.165, 1.54) is 0 Å². The van der Waals surface area contributed by atoms with E-state index in [0.29, 0.717) is 32.4 Å². The van der Waals surface area contributed by atoms with Crippen LogP contribution in [0.25, 0.3) is 0 Å². The largest absolute Gasteiger partial charge is 0.399 e. The van der Waals surface area contributed by atoms with Crippen LogP contribution >= 0.6 is 46.4 Å². The molecule has 0 aromatic heterocycles. The van der Waals surface area contributed by atoms with Gasteiger partial charge in [0.05, 0.1) is 39.6 Å². The Bertz CT molecular complexity index is 1810. The van der Waals surface area contributed by atoms with Gasteiger partial charge in [-0.05, 0) is 88.5 Å². The summed E-state index contributed by atoms with van der Waals surface area (Å²) < 4.78 is 39.7. The van der Waals surface area contributed by atoms with Crippen molar-refractivity contribution in [3.63, 3.8) is 0 Å². The number of nitrogen functional groups attached to an aromatic ring is 1. The van der Waals surface area contributed by atoms with Crippen LogP contribution in [0, 0.1) is 0 Å². The van der Waals surface area contributed by atoms with E-state index in [4.69, 9.17) is 80.6 Å². The van der Waals surface area contributed by atoms with Gasteiger partial charge in [-0.25, -0.2) is 0 Å². The molecule has 1 heterocycles. The van der Waals surface area contributed by atoms with Crippen LogP contribution in [0.1, 0.15) is 27.8 Å². The third-order valence-corrected chi connectivity index (χ3v) is 9.52. The predicted octanol–water partition coefficient (Wildman–Crippen LogP) is 10.1. The van der Waals surface area contributed by atoms with E-state index in [2.05, 4.69) is 0 Å². The Hall–Kier alpha value is -3.18. The fourth-order valence-electron chi connectivity index (χ4n) is 5.70. The van der Waals surface area contributed by atoms with E-state index in [1.807, 2.05) is 121 Å². The Morgan fingerprint density at radius 2 is 0.769 bits per heavy atom. The summed E-state index contributed by atoms with van der Waals surface area (Å²) in [6, 6.07) is 37.5. The van der Waals surface area contributed by atoms with E-state index in [0.717, 1.165) is 27.8 Å². The van der Waals surface area contributed by atoms with Gasteiger partial charge in [-0.15, -0.1) is 0 Å². The maximum atomic E-state index is 6.77. The molecule has 0 radical (unpaired) electrons. The van der Waals surface area contributed by atoms with Gasteiger partial charge in [-0.1, -0.05) is 107 Å². The molecule has 52 heavy (non-hydrogen) atoms. The summed E-state index contributed by atoms with van der Waals surface area (Å²) in [5, 5.41) is 2.56. The first-order valence-electron chi connectivity index (χ1n) is 16.8. The van der Waals surface area contributed by atoms with Crippen LogP contribution < -0.4 is 5.73 Å². The first kappa shape index (κ1) is 38.5. The molecule has 5 aromatic rings. The molecule has 2 N–H and O–H groups in total. The summed E-state index contributed by atoms with van der Waals surface area (Å²) >= 11 is 24.7. The molecular formula is C41H39Cl4NO6. The first-order valence-corrected chi connectivity index (χ1v) is 18.3. The lowest BCUT2D eigenvalue weighted by Gasteiger charge is -2.46. The fraction of sp³-hybridized carbons (Fsp3) is 0.268. The van der Waals surface area contributed by atoms with Crippen molar-refractivity contribution in [1.82, 2.24) is 0 Å². The minimum absolute atomic E-state index is 0.181. The van der Waals surface area contributed by atoms with Gasteiger partial charge in [0.15, 0.2) is 6.29 Å². The number of anilines is 1. The summed E-state index contributed by atoms with van der Waals surface area (Å²) in [7, 11) is 0. The summed E-state index contributed by atoms with van der Waals surface area (Å²) in [5.41, 5.74) is 11.3. The minimum atomic E-state index is -0.861. The third kappa shape index (κ3) is 11.4. The zero-order valence-electron chi connectivity index (χ0n) is 28.2. The zero-order chi connectivity index (χ0) is 36.3. The Labute approximate surface area is 324 Å². The number of benzene rings is 5. The molecular weight excluding hydrogens is 744 g/mol. The van der Waals surface area contributed by atoms with Gasteiger partial charge < -0.3 is 34.2 Å². The number of nitrogens with two attached hydrogens (primary N) is 1. The Balaban J connectivity index is 1.31. The van der Waals surface area contributed by atoms with Crippen LogP contribution in [-0.2, 0) is 61.5 Å². The molecule has 0 bridgehead atoms. The van der Waals surface area contributed by atoms with E-state index in [-0.39, 0.29) is 33.0 Å². The molecule has 7 nitrogen and oxygen atoms in total. The highest BCUT2D eigenvalue weighted by atomic mass is 35.5. The van der Waals surface area contributed by atoms with E-state index in [9.17, 15) is 0 Å². The Kier molecular flexibility index (Phi) is 14.3. The second-order valence-corrected chi connectivity index (χ2v) is 14.2. The fourth-order valence-corrected chi connectivity index (χ4v) is 6.20. The molecule has 272 valence electrons. The molecule has 1 aliphatic rings. The molecule has 5 atom stereocenters. The van der Waals surface area contributed by atoms with Gasteiger partial charge in [0.25, 0.3) is 0 Å². The molecule has 0 amide bonds. The van der Waals surface area contributed by atoms with Gasteiger partial charge >= 0.3 is 0 Å². The number of hydrogen-bond donors (Lipinski definition) is 1. The smallest absolute Gasteiger partial charge is 0.187 e. The molecule has 1 fully saturated rings. The lowest BCUT2D eigenvalue weighted by molar-refractivity contribution is -0.330. The van der Waals surface area contributed by atoms with E-state index in [1.54, 1.807) is 0 Å². The van der Waals surface area contributed by atoms with Crippen LogP contribution in [0.3, 0.4) is 0 Å². The van der Waals surface area contributed by atoms with Crippen molar-refractivity contribution in [3.8, 4) is 0 Å². The Morgan fingerprint density at radius 3 is 1.21 bits per heavy atom. The highest BCUT2D eigenvalue weighted by molar-refractivity contribution is 6.31. The number of halogens is 4. The third-order valence-electron chi connectivity index (χ3n) is 8.52. The lowest BCUT2D eigenvalue weighted by atomic mass is 9.97. The maximum Gasteiger partial charge on any atom is 0.187 e. The summed E-state index contributed by atoms with van der Waals surface area (Å²) in [5.74, 6) is 0. The second kappa shape index (κ2) is 19.2. The van der Waals surface area contributed by atoms with Crippen LogP contribution in [0.15, 0.2) is 121 Å². The summed E-state index contributed by atoms with van der Waals surface area (Å²) in [6.45, 7) is 1.53. The quantitative estimate of drug-likeness (QED) is 0.0999. The van der Waals surface area contributed by atoms with Crippen LogP contribution in [0.2, 0.25) is 20.1 Å². The monoisotopic (exact) mass is 781 g/mol. The number of hydrogen-bond acceptors (Lipinski definition) is 7. The van der Waals surface area contributed by atoms with Crippen molar-refractivity contribution >= 4 is 52.1 Å². The van der Waals surface area contributed by atoms with Gasteiger partial charge in [0, 0.05) is 25.8 Å². The molecule has 1 saturated heterocycles. The van der Waals surface area contributed by atoms with Crippen molar-refractivity contribution in [2.45, 2.75) is 63.7 Å². The van der Waals surface area contributed by atoms with Crippen LogP contribution in [0.5, 0.6) is 0 Å². The van der Waals surface area contributed by atoms with Gasteiger partial charge in [-0.2, -0.15) is 0 Å².